The maximum absolute atomic E-state index is 12.6. The van der Waals surface area contributed by atoms with Crippen molar-refractivity contribution in [2.45, 2.75) is 38.6 Å². The number of anilines is 1. The average molecular weight is 521 g/mol. The van der Waals surface area contributed by atoms with Gasteiger partial charge in [0.15, 0.2) is 6.61 Å². The number of hydrogen-bond donors (Lipinski definition) is 2. The normalized spacial score (nSPS) is 12.2. The van der Waals surface area contributed by atoms with E-state index >= 15 is 0 Å². The van der Waals surface area contributed by atoms with Crippen molar-refractivity contribution in [3.8, 4) is 5.75 Å². The molecule has 1 amide bonds. The Hall–Kier alpha value is -2.74. The lowest BCUT2D eigenvalue weighted by atomic mass is 9.96. The molecule has 6 nitrogen and oxygen atoms in total. The molecule has 0 aliphatic carbocycles. The third-order valence-corrected chi connectivity index (χ3v) is 7.32. The van der Waals surface area contributed by atoms with Gasteiger partial charge in [-0.15, -0.1) is 0 Å². The number of ether oxygens (including phenoxy) is 1. The molecular formula is C25H26Cl2N2O4S. The quantitative estimate of drug-likeness (QED) is 0.382. The maximum Gasteiger partial charge on any atom is 0.261 e. The molecule has 0 heterocycles. The molecule has 0 spiro atoms. The highest BCUT2D eigenvalue weighted by atomic mass is 35.5. The molecule has 3 aromatic carbocycles. The van der Waals surface area contributed by atoms with Crippen LogP contribution in [0, 0.1) is 20.8 Å². The number of carbonyl (C=O) groups excluding carboxylic acids is 1. The smallest absolute Gasteiger partial charge is 0.261 e. The summed E-state index contributed by atoms with van der Waals surface area (Å²) in [7, 11) is -3.87. The molecule has 2 N–H and O–H groups in total. The molecule has 0 aliphatic heterocycles. The monoisotopic (exact) mass is 520 g/mol. The fourth-order valence-corrected chi connectivity index (χ4v) is 4.96. The van der Waals surface area contributed by atoms with Gasteiger partial charge in [0.2, 0.25) is 0 Å². The number of benzene rings is 3. The van der Waals surface area contributed by atoms with Crippen molar-refractivity contribution in [1.82, 2.24) is 5.32 Å². The van der Waals surface area contributed by atoms with Gasteiger partial charge in [0.1, 0.15) is 5.75 Å². The van der Waals surface area contributed by atoms with Crippen LogP contribution in [-0.2, 0) is 14.8 Å². The van der Waals surface area contributed by atoms with Gasteiger partial charge >= 0.3 is 0 Å². The summed E-state index contributed by atoms with van der Waals surface area (Å²) in [5.74, 6) is -0.112. The lowest BCUT2D eigenvalue weighted by Crippen LogP contribution is -2.31. The zero-order valence-corrected chi connectivity index (χ0v) is 21.6. The van der Waals surface area contributed by atoms with E-state index in [1.165, 1.54) is 23.8 Å². The van der Waals surface area contributed by atoms with Crippen molar-refractivity contribution in [1.29, 1.82) is 0 Å². The first-order valence-corrected chi connectivity index (χ1v) is 12.8. The van der Waals surface area contributed by atoms with Gasteiger partial charge in [0, 0.05) is 10.7 Å². The van der Waals surface area contributed by atoms with E-state index in [2.05, 4.69) is 29.1 Å². The second-order valence-corrected chi connectivity index (χ2v) is 10.6. The van der Waals surface area contributed by atoms with E-state index in [0.717, 1.165) is 16.7 Å². The van der Waals surface area contributed by atoms with Gasteiger partial charge in [0.05, 0.1) is 16.0 Å². The van der Waals surface area contributed by atoms with Crippen LogP contribution in [0.5, 0.6) is 5.75 Å². The van der Waals surface area contributed by atoms with Crippen LogP contribution in [0.15, 0.2) is 59.5 Å². The number of amides is 1. The number of carbonyl (C=O) groups is 1. The second kappa shape index (κ2) is 10.7. The Balaban J connectivity index is 1.62. The fourth-order valence-electron chi connectivity index (χ4n) is 3.45. The highest BCUT2D eigenvalue weighted by Gasteiger charge is 2.18. The molecule has 0 unspecified atom stereocenters. The van der Waals surface area contributed by atoms with Crippen molar-refractivity contribution in [2.75, 3.05) is 11.3 Å². The van der Waals surface area contributed by atoms with Crippen molar-refractivity contribution < 1.29 is 17.9 Å². The summed E-state index contributed by atoms with van der Waals surface area (Å²) >= 11 is 12.1. The third-order valence-electron chi connectivity index (χ3n) is 5.40. The highest BCUT2D eigenvalue weighted by Crippen LogP contribution is 2.29. The molecule has 0 saturated carbocycles. The molecule has 0 saturated heterocycles. The molecule has 0 aromatic heterocycles. The summed E-state index contributed by atoms with van der Waals surface area (Å²) in [6, 6.07) is 14.3. The average Bonchev–Trinajstić information content (AvgIpc) is 2.76. The van der Waals surface area contributed by atoms with Crippen LogP contribution in [0.1, 0.15) is 35.2 Å². The lowest BCUT2D eigenvalue weighted by molar-refractivity contribution is -0.123. The van der Waals surface area contributed by atoms with Crippen molar-refractivity contribution in [3.05, 3.63) is 86.9 Å². The minimum Gasteiger partial charge on any atom is -0.482 e. The van der Waals surface area contributed by atoms with Gasteiger partial charge in [-0.3, -0.25) is 9.52 Å². The summed E-state index contributed by atoms with van der Waals surface area (Å²) in [6.07, 6.45) is 0. The van der Waals surface area contributed by atoms with Crippen LogP contribution < -0.4 is 14.8 Å². The molecule has 0 aliphatic rings. The Bertz CT molecular complexity index is 1310. The third kappa shape index (κ3) is 6.44. The Kier molecular flexibility index (Phi) is 8.13. The van der Waals surface area contributed by atoms with E-state index < -0.39 is 10.0 Å². The van der Waals surface area contributed by atoms with Crippen LogP contribution in [-0.4, -0.2) is 20.9 Å². The van der Waals surface area contributed by atoms with Gasteiger partial charge in [-0.2, -0.15) is 0 Å². The molecule has 0 bridgehead atoms. The molecular weight excluding hydrogens is 495 g/mol. The van der Waals surface area contributed by atoms with Crippen LogP contribution in [0.25, 0.3) is 0 Å². The molecule has 3 aromatic rings. The van der Waals surface area contributed by atoms with E-state index in [4.69, 9.17) is 27.9 Å². The predicted molar refractivity (Wildman–Crippen MR) is 136 cm³/mol. The number of halogens is 2. The predicted octanol–water partition coefficient (Wildman–Crippen LogP) is 5.98. The van der Waals surface area contributed by atoms with Crippen molar-refractivity contribution >= 4 is 44.8 Å². The number of sulfonamides is 1. The second-order valence-electron chi connectivity index (χ2n) is 8.08. The molecule has 0 radical (unpaired) electrons. The number of hydrogen-bond acceptors (Lipinski definition) is 4. The molecule has 0 fully saturated rings. The zero-order valence-electron chi connectivity index (χ0n) is 19.3. The van der Waals surface area contributed by atoms with E-state index in [-0.39, 0.29) is 34.2 Å². The summed E-state index contributed by atoms with van der Waals surface area (Å²) in [4.78, 5) is 12.4. The molecule has 9 heteroatoms. The van der Waals surface area contributed by atoms with E-state index in [1.807, 2.05) is 20.8 Å². The first-order chi connectivity index (χ1) is 16.0. The molecule has 1 atom stereocenters. The summed E-state index contributed by atoms with van der Waals surface area (Å²) in [5, 5.41) is 3.49. The summed E-state index contributed by atoms with van der Waals surface area (Å²) < 4.78 is 33.3. The van der Waals surface area contributed by atoms with E-state index in [9.17, 15) is 13.2 Å². The van der Waals surface area contributed by atoms with E-state index in [0.29, 0.717) is 10.7 Å². The lowest BCUT2D eigenvalue weighted by Gasteiger charge is -2.19. The van der Waals surface area contributed by atoms with Crippen LogP contribution in [0.4, 0.5) is 5.69 Å². The Morgan fingerprint density at radius 1 is 0.941 bits per heavy atom. The standard InChI is InChI=1S/C25H26Cl2N2O4S/c1-15-11-17(3)22(12-16(15)2)18(4)28-25(30)14-33-24-10-9-21(13-23(24)27)34(31,32)29-20-7-5-19(26)6-8-20/h5-13,18,29H,14H2,1-4H3,(H,28,30)/t18-/m0/s1. The number of rotatable bonds is 8. The summed E-state index contributed by atoms with van der Waals surface area (Å²) in [6.45, 7) is 7.75. The van der Waals surface area contributed by atoms with E-state index in [1.54, 1.807) is 24.3 Å². The van der Waals surface area contributed by atoms with Gasteiger partial charge in [-0.1, -0.05) is 35.3 Å². The fraction of sp³-hybridized carbons (Fsp3) is 0.240. The minimum absolute atomic E-state index is 0.0388. The topological polar surface area (TPSA) is 84.5 Å². The van der Waals surface area contributed by atoms with Crippen molar-refractivity contribution in [2.24, 2.45) is 0 Å². The largest absolute Gasteiger partial charge is 0.482 e. The first kappa shape index (κ1) is 25.9. The Morgan fingerprint density at radius 2 is 1.59 bits per heavy atom. The minimum atomic E-state index is -3.87. The maximum atomic E-state index is 12.6. The van der Waals surface area contributed by atoms with Gasteiger partial charge < -0.3 is 10.1 Å². The van der Waals surface area contributed by atoms with Crippen molar-refractivity contribution in [3.63, 3.8) is 0 Å². The van der Waals surface area contributed by atoms with Crippen LogP contribution in [0.3, 0.4) is 0 Å². The van der Waals surface area contributed by atoms with Crippen LogP contribution in [0.2, 0.25) is 10.0 Å². The molecule has 3 rings (SSSR count). The Morgan fingerprint density at radius 3 is 2.24 bits per heavy atom. The highest BCUT2D eigenvalue weighted by molar-refractivity contribution is 7.92. The summed E-state index contributed by atoms with van der Waals surface area (Å²) in [5.41, 5.74) is 4.86. The van der Waals surface area contributed by atoms with Gasteiger partial charge in [0.25, 0.3) is 15.9 Å². The zero-order chi connectivity index (χ0) is 25.0. The van der Waals surface area contributed by atoms with Crippen LogP contribution >= 0.6 is 23.2 Å². The SMILES string of the molecule is Cc1cc(C)c([C@H](C)NC(=O)COc2ccc(S(=O)(=O)Nc3ccc(Cl)cc3)cc2Cl)cc1C. The number of aryl methyl sites for hydroxylation is 3. The van der Waals surface area contributed by atoms with Gasteiger partial charge in [-0.05, 0) is 92.4 Å². The van der Waals surface area contributed by atoms with Gasteiger partial charge in [-0.25, -0.2) is 8.42 Å². The molecule has 34 heavy (non-hydrogen) atoms. The molecule has 180 valence electrons. The number of nitrogens with one attached hydrogen (secondary N) is 2. The first-order valence-electron chi connectivity index (χ1n) is 10.5. The Labute approximate surface area is 210 Å².